The predicted molar refractivity (Wildman–Crippen MR) is 47.0 cm³/mol. The topological polar surface area (TPSA) is 46.6 Å². The second kappa shape index (κ2) is 3.60. The van der Waals surface area contributed by atoms with Crippen molar-refractivity contribution in [2.24, 2.45) is 5.92 Å². The van der Waals surface area contributed by atoms with Crippen molar-refractivity contribution in [1.29, 1.82) is 0 Å². The molecule has 0 aromatic carbocycles. The average molecular weight is 183 g/mol. The summed E-state index contributed by atoms with van der Waals surface area (Å²) in [6, 6.07) is -0.164. The third-order valence-corrected chi connectivity index (χ3v) is 2.07. The SMILES string of the molecule is C=CC(C)C(=O)N1C(=O)OCC1C. The Bertz CT molecular complexity index is 249. The zero-order valence-electron chi connectivity index (χ0n) is 7.82. The van der Waals surface area contributed by atoms with Gasteiger partial charge >= 0.3 is 6.09 Å². The van der Waals surface area contributed by atoms with Crippen LogP contribution in [0.25, 0.3) is 0 Å². The number of cyclic esters (lactones) is 1. The minimum atomic E-state index is -0.550. The zero-order chi connectivity index (χ0) is 10.0. The Morgan fingerprint density at radius 1 is 1.85 bits per heavy atom. The maximum absolute atomic E-state index is 11.6. The number of ether oxygens (including phenoxy) is 1. The van der Waals surface area contributed by atoms with Crippen molar-refractivity contribution in [3.05, 3.63) is 12.7 Å². The highest BCUT2D eigenvalue weighted by atomic mass is 16.6. The Morgan fingerprint density at radius 3 is 2.85 bits per heavy atom. The number of hydrogen-bond donors (Lipinski definition) is 0. The van der Waals surface area contributed by atoms with E-state index < -0.39 is 6.09 Å². The molecule has 0 spiro atoms. The lowest BCUT2D eigenvalue weighted by Crippen LogP contribution is -2.40. The van der Waals surface area contributed by atoms with Crippen molar-refractivity contribution in [3.63, 3.8) is 0 Å². The molecule has 13 heavy (non-hydrogen) atoms. The van der Waals surface area contributed by atoms with Crippen molar-refractivity contribution in [3.8, 4) is 0 Å². The van der Waals surface area contributed by atoms with Crippen molar-refractivity contribution in [2.45, 2.75) is 19.9 Å². The van der Waals surface area contributed by atoms with Crippen LogP contribution in [0.15, 0.2) is 12.7 Å². The quantitative estimate of drug-likeness (QED) is 0.604. The van der Waals surface area contributed by atoms with Gasteiger partial charge in [0.1, 0.15) is 6.61 Å². The molecule has 2 atom stereocenters. The maximum Gasteiger partial charge on any atom is 0.416 e. The number of carbonyl (C=O) groups excluding carboxylic acids is 2. The van der Waals surface area contributed by atoms with Crippen LogP contribution in [0.4, 0.5) is 4.79 Å². The van der Waals surface area contributed by atoms with Gasteiger partial charge in [-0.3, -0.25) is 4.79 Å². The molecule has 0 N–H and O–H groups in total. The summed E-state index contributed by atoms with van der Waals surface area (Å²) in [4.78, 5) is 23.8. The summed E-state index contributed by atoms with van der Waals surface area (Å²) in [5, 5.41) is 0. The lowest BCUT2D eigenvalue weighted by molar-refractivity contribution is -0.131. The number of imide groups is 1. The van der Waals surface area contributed by atoms with E-state index in [1.807, 2.05) is 0 Å². The van der Waals surface area contributed by atoms with E-state index in [0.717, 1.165) is 4.90 Å². The van der Waals surface area contributed by atoms with Crippen LogP contribution in [-0.2, 0) is 9.53 Å². The fourth-order valence-corrected chi connectivity index (χ4v) is 1.14. The molecule has 1 heterocycles. The van der Waals surface area contributed by atoms with Crippen molar-refractivity contribution < 1.29 is 14.3 Å². The first-order valence-corrected chi connectivity index (χ1v) is 4.20. The van der Waals surface area contributed by atoms with E-state index in [9.17, 15) is 9.59 Å². The summed E-state index contributed by atoms with van der Waals surface area (Å²) >= 11 is 0. The van der Waals surface area contributed by atoms with Crippen LogP contribution in [0.3, 0.4) is 0 Å². The van der Waals surface area contributed by atoms with E-state index in [0.29, 0.717) is 0 Å². The Kier molecular flexibility index (Phi) is 2.70. The number of amides is 2. The molecule has 1 aliphatic rings. The maximum atomic E-state index is 11.6. The standard InChI is InChI=1S/C9H13NO3/c1-4-6(2)8(11)10-7(3)5-13-9(10)12/h4,6-7H,1,5H2,2-3H3. The third kappa shape index (κ3) is 1.71. The van der Waals surface area contributed by atoms with E-state index in [1.54, 1.807) is 13.8 Å². The van der Waals surface area contributed by atoms with Gasteiger partial charge in [0.2, 0.25) is 5.91 Å². The molecular formula is C9H13NO3. The van der Waals surface area contributed by atoms with Gasteiger partial charge < -0.3 is 4.74 Å². The summed E-state index contributed by atoms with van der Waals surface area (Å²) in [6.07, 6.45) is 0.965. The summed E-state index contributed by atoms with van der Waals surface area (Å²) in [6.45, 7) is 7.27. The van der Waals surface area contributed by atoms with E-state index in [-0.39, 0.29) is 24.5 Å². The van der Waals surface area contributed by atoms with Gasteiger partial charge in [0, 0.05) is 0 Å². The molecule has 0 saturated carbocycles. The van der Waals surface area contributed by atoms with Gasteiger partial charge in [0.05, 0.1) is 12.0 Å². The molecule has 1 rings (SSSR count). The minimum Gasteiger partial charge on any atom is -0.447 e. The van der Waals surface area contributed by atoms with E-state index in [4.69, 9.17) is 4.74 Å². The van der Waals surface area contributed by atoms with Crippen molar-refractivity contribution >= 4 is 12.0 Å². The first-order valence-electron chi connectivity index (χ1n) is 4.20. The smallest absolute Gasteiger partial charge is 0.416 e. The number of carbonyl (C=O) groups is 2. The van der Waals surface area contributed by atoms with Crippen molar-refractivity contribution in [2.75, 3.05) is 6.61 Å². The zero-order valence-corrected chi connectivity index (χ0v) is 7.82. The van der Waals surface area contributed by atoms with Gasteiger partial charge in [-0.1, -0.05) is 13.0 Å². The van der Waals surface area contributed by atoms with E-state index in [2.05, 4.69) is 6.58 Å². The molecule has 1 aliphatic heterocycles. The van der Waals surface area contributed by atoms with Gasteiger partial charge in [-0.15, -0.1) is 6.58 Å². The molecule has 0 radical (unpaired) electrons. The monoisotopic (exact) mass is 183 g/mol. The van der Waals surface area contributed by atoms with Gasteiger partial charge in [0.15, 0.2) is 0 Å². The van der Waals surface area contributed by atoms with Crippen LogP contribution in [0.1, 0.15) is 13.8 Å². The van der Waals surface area contributed by atoms with Crippen LogP contribution < -0.4 is 0 Å². The number of hydrogen-bond acceptors (Lipinski definition) is 3. The molecule has 4 heteroatoms. The van der Waals surface area contributed by atoms with E-state index >= 15 is 0 Å². The summed E-state index contributed by atoms with van der Waals surface area (Å²) in [5.74, 6) is -0.585. The first kappa shape index (κ1) is 9.77. The first-order chi connectivity index (χ1) is 6.07. The fraction of sp³-hybridized carbons (Fsp3) is 0.556. The molecule has 0 aromatic rings. The average Bonchev–Trinajstić information content (AvgIpc) is 2.44. The largest absolute Gasteiger partial charge is 0.447 e. The van der Waals surface area contributed by atoms with Gasteiger partial charge in [-0.25, -0.2) is 9.69 Å². The lowest BCUT2D eigenvalue weighted by atomic mass is 10.1. The van der Waals surface area contributed by atoms with Crippen LogP contribution in [0.2, 0.25) is 0 Å². The number of rotatable bonds is 2. The van der Waals surface area contributed by atoms with Gasteiger partial charge in [-0.05, 0) is 6.92 Å². The molecule has 0 bridgehead atoms. The van der Waals surface area contributed by atoms with Gasteiger partial charge in [-0.2, -0.15) is 0 Å². The fourth-order valence-electron chi connectivity index (χ4n) is 1.14. The highest BCUT2D eigenvalue weighted by Crippen LogP contribution is 2.15. The number of nitrogens with zero attached hydrogens (tertiary/aromatic N) is 1. The molecule has 72 valence electrons. The Labute approximate surface area is 77.2 Å². The third-order valence-electron chi connectivity index (χ3n) is 2.07. The minimum absolute atomic E-state index is 0.164. The molecule has 4 nitrogen and oxygen atoms in total. The summed E-state index contributed by atoms with van der Waals surface area (Å²) in [7, 11) is 0. The molecular weight excluding hydrogens is 170 g/mol. The Morgan fingerprint density at radius 2 is 2.46 bits per heavy atom. The Hall–Kier alpha value is -1.32. The van der Waals surface area contributed by atoms with Crippen LogP contribution in [0, 0.1) is 5.92 Å². The molecule has 1 fully saturated rings. The second-order valence-corrected chi connectivity index (χ2v) is 3.16. The molecule has 0 aromatic heterocycles. The van der Waals surface area contributed by atoms with Crippen LogP contribution in [0.5, 0.6) is 0 Å². The van der Waals surface area contributed by atoms with Gasteiger partial charge in [0.25, 0.3) is 0 Å². The lowest BCUT2D eigenvalue weighted by Gasteiger charge is -2.18. The molecule has 2 unspecified atom stereocenters. The Balaban J connectivity index is 2.75. The highest BCUT2D eigenvalue weighted by molar-refractivity contribution is 5.95. The molecule has 2 amide bonds. The summed E-state index contributed by atoms with van der Waals surface area (Å²) < 4.78 is 4.73. The predicted octanol–water partition coefficient (Wildman–Crippen LogP) is 1.18. The highest BCUT2D eigenvalue weighted by Gasteiger charge is 2.36. The normalized spacial score (nSPS) is 24.0. The summed E-state index contributed by atoms with van der Waals surface area (Å²) in [5.41, 5.74) is 0. The van der Waals surface area contributed by atoms with Crippen LogP contribution in [-0.4, -0.2) is 29.5 Å². The second-order valence-electron chi connectivity index (χ2n) is 3.16. The van der Waals surface area contributed by atoms with E-state index in [1.165, 1.54) is 6.08 Å². The molecule has 1 saturated heterocycles. The molecule has 0 aliphatic carbocycles. The van der Waals surface area contributed by atoms with Crippen LogP contribution >= 0.6 is 0 Å². The van der Waals surface area contributed by atoms with Crippen molar-refractivity contribution in [1.82, 2.24) is 4.90 Å².